The van der Waals surface area contributed by atoms with Crippen LogP contribution in [0, 0.1) is 0 Å². The SMILES string of the molecule is NCc1ccccc1S(=O)(=O)Nc1nc2c(s1)CCC2. The highest BCUT2D eigenvalue weighted by Crippen LogP contribution is 2.31. The zero-order valence-electron chi connectivity index (χ0n) is 10.8. The Hall–Kier alpha value is -1.44. The van der Waals surface area contributed by atoms with Gasteiger partial charge in [0.05, 0.1) is 10.6 Å². The van der Waals surface area contributed by atoms with E-state index in [0.717, 1.165) is 25.0 Å². The number of rotatable bonds is 4. The summed E-state index contributed by atoms with van der Waals surface area (Å²) in [5.74, 6) is 0. The molecule has 5 nitrogen and oxygen atoms in total. The molecule has 0 bridgehead atoms. The number of anilines is 1. The predicted octanol–water partition coefficient (Wildman–Crippen LogP) is 1.89. The van der Waals surface area contributed by atoms with E-state index in [-0.39, 0.29) is 11.4 Å². The lowest BCUT2D eigenvalue weighted by atomic mass is 10.2. The van der Waals surface area contributed by atoms with Gasteiger partial charge in [0.1, 0.15) is 0 Å². The number of nitrogens with two attached hydrogens (primary N) is 1. The average molecular weight is 309 g/mol. The van der Waals surface area contributed by atoms with E-state index in [0.29, 0.717) is 10.7 Å². The second kappa shape index (κ2) is 5.16. The summed E-state index contributed by atoms with van der Waals surface area (Å²) in [5.41, 5.74) is 7.22. The average Bonchev–Trinajstić information content (AvgIpc) is 2.99. The number of sulfonamides is 1. The van der Waals surface area contributed by atoms with Crippen LogP contribution in [0.25, 0.3) is 0 Å². The van der Waals surface area contributed by atoms with Gasteiger partial charge < -0.3 is 5.73 Å². The summed E-state index contributed by atoms with van der Waals surface area (Å²) in [6.07, 6.45) is 3.04. The third-order valence-corrected chi connectivity index (χ3v) is 5.94. The molecule has 0 amide bonds. The molecule has 0 radical (unpaired) electrons. The zero-order valence-corrected chi connectivity index (χ0v) is 12.4. The molecule has 0 unspecified atom stereocenters. The normalized spacial score (nSPS) is 14.2. The number of thiazole rings is 1. The Kier molecular flexibility index (Phi) is 3.49. The smallest absolute Gasteiger partial charge is 0.263 e. The molecule has 3 N–H and O–H groups in total. The Balaban J connectivity index is 1.92. The topological polar surface area (TPSA) is 85.1 Å². The summed E-state index contributed by atoms with van der Waals surface area (Å²) in [4.78, 5) is 5.76. The van der Waals surface area contributed by atoms with E-state index in [1.54, 1.807) is 24.3 Å². The van der Waals surface area contributed by atoms with Gasteiger partial charge in [0.15, 0.2) is 5.13 Å². The van der Waals surface area contributed by atoms with Crippen LogP contribution in [0.2, 0.25) is 0 Å². The molecule has 2 aromatic rings. The van der Waals surface area contributed by atoms with Crippen molar-refractivity contribution in [2.24, 2.45) is 5.73 Å². The number of hydrogen-bond acceptors (Lipinski definition) is 5. The van der Waals surface area contributed by atoms with Gasteiger partial charge in [-0.1, -0.05) is 18.2 Å². The fourth-order valence-corrected chi connectivity index (χ4v) is 4.88. The molecule has 0 fully saturated rings. The molecular formula is C13H15N3O2S2. The first-order chi connectivity index (χ1) is 9.60. The van der Waals surface area contributed by atoms with E-state index in [1.807, 2.05) is 0 Å². The molecule has 1 aliphatic carbocycles. The molecule has 7 heteroatoms. The predicted molar refractivity (Wildman–Crippen MR) is 79.3 cm³/mol. The number of nitrogens with one attached hydrogen (secondary N) is 1. The molecule has 1 aromatic carbocycles. The van der Waals surface area contributed by atoms with Gasteiger partial charge in [0.25, 0.3) is 10.0 Å². The van der Waals surface area contributed by atoms with Gasteiger partial charge in [-0.2, -0.15) is 0 Å². The number of hydrogen-bond donors (Lipinski definition) is 2. The fraction of sp³-hybridized carbons (Fsp3) is 0.308. The van der Waals surface area contributed by atoms with E-state index in [2.05, 4.69) is 9.71 Å². The maximum atomic E-state index is 12.4. The van der Waals surface area contributed by atoms with Crippen LogP contribution < -0.4 is 10.5 Å². The summed E-state index contributed by atoms with van der Waals surface area (Å²) in [7, 11) is -3.63. The van der Waals surface area contributed by atoms with E-state index in [1.165, 1.54) is 16.2 Å². The summed E-state index contributed by atoms with van der Waals surface area (Å²) < 4.78 is 27.4. The summed E-state index contributed by atoms with van der Waals surface area (Å²) in [6.45, 7) is 0.186. The second-order valence-electron chi connectivity index (χ2n) is 4.66. The maximum absolute atomic E-state index is 12.4. The second-order valence-corrected chi connectivity index (χ2v) is 7.39. The van der Waals surface area contributed by atoms with Gasteiger partial charge in [-0.15, -0.1) is 11.3 Å². The standard InChI is InChI=1S/C13H15N3O2S2/c14-8-9-4-1-2-7-12(9)20(17,18)16-13-15-10-5-3-6-11(10)19-13/h1-2,4,7H,3,5-6,8,14H2,(H,15,16). The van der Waals surface area contributed by atoms with Gasteiger partial charge in [0.2, 0.25) is 0 Å². The molecular weight excluding hydrogens is 294 g/mol. The first-order valence-electron chi connectivity index (χ1n) is 6.39. The van der Waals surface area contributed by atoms with Crippen LogP contribution >= 0.6 is 11.3 Å². The van der Waals surface area contributed by atoms with Crippen LogP contribution in [0.5, 0.6) is 0 Å². The zero-order chi connectivity index (χ0) is 14.2. The molecule has 0 aliphatic heterocycles. The van der Waals surface area contributed by atoms with E-state index >= 15 is 0 Å². The van der Waals surface area contributed by atoms with E-state index < -0.39 is 10.0 Å². The van der Waals surface area contributed by atoms with E-state index in [9.17, 15) is 8.42 Å². The first kappa shape index (κ1) is 13.5. The third kappa shape index (κ3) is 2.44. The minimum Gasteiger partial charge on any atom is -0.326 e. The van der Waals surface area contributed by atoms with Crippen LogP contribution in [0.15, 0.2) is 29.2 Å². The van der Waals surface area contributed by atoms with Crippen molar-refractivity contribution >= 4 is 26.5 Å². The van der Waals surface area contributed by atoms with Crippen molar-refractivity contribution in [3.63, 3.8) is 0 Å². The van der Waals surface area contributed by atoms with Gasteiger partial charge >= 0.3 is 0 Å². The van der Waals surface area contributed by atoms with Crippen LogP contribution in [-0.4, -0.2) is 13.4 Å². The minimum atomic E-state index is -3.63. The van der Waals surface area contributed by atoms with Crippen LogP contribution in [0.1, 0.15) is 22.6 Å². The molecule has 0 saturated carbocycles. The molecule has 0 atom stereocenters. The Morgan fingerprint density at radius 2 is 2.10 bits per heavy atom. The van der Waals surface area contributed by atoms with Crippen molar-refractivity contribution in [2.45, 2.75) is 30.7 Å². The Morgan fingerprint density at radius 3 is 2.85 bits per heavy atom. The van der Waals surface area contributed by atoms with Gasteiger partial charge in [-0.05, 0) is 30.9 Å². The number of benzene rings is 1. The molecule has 106 valence electrons. The molecule has 1 aliphatic rings. The minimum absolute atomic E-state index is 0.186. The quantitative estimate of drug-likeness (QED) is 0.903. The van der Waals surface area contributed by atoms with E-state index in [4.69, 9.17) is 5.73 Å². The lowest BCUT2D eigenvalue weighted by molar-refractivity contribution is 0.600. The monoisotopic (exact) mass is 309 g/mol. The van der Waals surface area contributed by atoms with Gasteiger partial charge in [-0.25, -0.2) is 13.4 Å². The Morgan fingerprint density at radius 1 is 1.30 bits per heavy atom. The van der Waals surface area contributed by atoms with Gasteiger partial charge in [0, 0.05) is 11.4 Å². The third-order valence-electron chi connectivity index (χ3n) is 3.30. The highest BCUT2D eigenvalue weighted by Gasteiger charge is 2.22. The van der Waals surface area contributed by atoms with Crippen LogP contribution in [0.3, 0.4) is 0 Å². The number of nitrogens with zero attached hydrogens (tertiary/aromatic N) is 1. The molecule has 1 heterocycles. The van der Waals surface area contributed by atoms with Crippen molar-refractivity contribution in [1.82, 2.24) is 4.98 Å². The number of aromatic nitrogens is 1. The molecule has 0 spiro atoms. The lowest BCUT2D eigenvalue weighted by Gasteiger charge is -2.09. The van der Waals surface area contributed by atoms with Crippen molar-refractivity contribution in [1.29, 1.82) is 0 Å². The summed E-state index contributed by atoms with van der Waals surface area (Å²) >= 11 is 1.42. The summed E-state index contributed by atoms with van der Waals surface area (Å²) in [6, 6.07) is 6.75. The Bertz CT molecular complexity index is 716. The lowest BCUT2D eigenvalue weighted by Crippen LogP contribution is -2.16. The largest absolute Gasteiger partial charge is 0.326 e. The highest BCUT2D eigenvalue weighted by molar-refractivity contribution is 7.93. The van der Waals surface area contributed by atoms with Crippen molar-refractivity contribution in [3.8, 4) is 0 Å². The fourth-order valence-electron chi connectivity index (χ4n) is 2.34. The molecule has 1 aromatic heterocycles. The van der Waals surface area contributed by atoms with Crippen molar-refractivity contribution in [3.05, 3.63) is 40.4 Å². The molecule has 3 rings (SSSR count). The maximum Gasteiger partial charge on any atom is 0.263 e. The molecule has 20 heavy (non-hydrogen) atoms. The summed E-state index contributed by atoms with van der Waals surface area (Å²) in [5, 5.41) is 0.446. The Labute approximate surface area is 121 Å². The van der Waals surface area contributed by atoms with Gasteiger partial charge in [-0.3, -0.25) is 4.72 Å². The van der Waals surface area contributed by atoms with Crippen LogP contribution in [-0.2, 0) is 29.4 Å². The van der Waals surface area contributed by atoms with Crippen molar-refractivity contribution in [2.75, 3.05) is 4.72 Å². The highest BCUT2D eigenvalue weighted by atomic mass is 32.2. The van der Waals surface area contributed by atoms with Crippen molar-refractivity contribution < 1.29 is 8.42 Å². The van der Waals surface area contributed by atoms with Crippen LogP contribution in [0.4, 0.5) is 5.13 Å². The molecule has 0 saturated heterocycles. The number of aryl methyl sites for hydroxylation is 2. The number of fused-ring (bicyclic) bond motifs is 1. The first-order valence-corrected chi connectivity index (χ1v) is 8.69.